The second-order valence-electron chi connectivity index (χ2n) is 34.1. The Morgan fingerprint density at radius 2 is 0.407 bits per heavy atom. The molecule has 0 saturated heterocycles. The van der Waals surface area contributed by atoms with Gasteiger partial charge in [0.05, 0.1) is 22.2 Å². The summed E-state index contributed by atoms with van der Waals surface area (Å²) in [5.41, 5.74) is 47.8. The Hall–Kier alpha value is -14.4. The number of rotatable bonds is 11. The zero-order chi connectivity index (χ0) is 78.3. The lowest BCUT2D eigenvalue weighted by atomic mass is 9.70. The van der Waals surface area contributed by atoms with Gasteiger partial charge in [-0.1, -0.05) is 361 Å². The molecule has 118 heavy (non-hydrogen) atoms. The smallest absolute Gasteiger partial charge is 0.0726 e. The summed E-state index contributed by atoms with van der Waals surface area (Å²) >= 11 is 0. The summed E-state index contributed by atoms with van der Waals surface area (Å²) in [6.45, 7) is 9.51. The lowest BCUT2D eigenvalue weighted by Gasteiger charge is -2.33. The van der Waals surface area contributed by atoms with Gasteiger partial charge in [-0.05, 0) is 257 Å². The quantitative estimate of drug-likeness (QED) is 0.127. The van der Waals surface area contributed by atoms with E-state index in [4.69, 9.17) is 0 Å². The predicted molar refractivity (Wildman–Crippen MR) is 491 cm³/mol. The first-order valence-electron chi connectivity index (χ1n) is 41.6. The number of hydrogen-bond donors (Lipinski definition) is 0. The van der Waals surface area contributed by atoms with Gasteiger partial charge in [-0.2, -0.15) is 0 Å². The summed E-state index contributed by atoms with van der Waals surface area (Å²) in [7, 11) is 0. The molecule has 2 heteroatoms. The number of nitrogens with zero attached hydrogens (tertiary/aromatic N) is 2. The Morgan fingerprint density at radius 1 is 0.144 bits per heavy atom. The Bertz CT molecular complexity index is 7180. The minimum Gasteiger partial charge on any atom is -0.310 e. The number of benzene rings is 18. The normalized spacial score (nSPS) is 15.2. The average Bonchev–Trinajstić information content (AvgIpc) is 1.51. The summed E-state index contributed by atoms with van der Waals surface area (Å²) in [4.78, 5) is 5.10. The van der Waals surface area contributed by atoms with Gasteiger partial charge in [0.2, 0.25) is 0 Å². The molecule has 0 fully saturated rings. The third-order valence-electron chi connectivity index (χ3n) is 27.5. The first-order valence-corrected chi connectivity index (χ1v) is 41.6. The largest absolute Gasteiger partial charge is 0.310 e. The Kier molecular flexibility index (Phi) is 14.7. The van der Waals surface area contributed by atoms with Crippen LogP contribution in [0.5, 0.6) is 0 Å². The molecule has 554 valence electrons. The van der Waals surface area contributed by atoms with E-state index in [9.17, 15) is 0 Å². The highest BCUT2D eigenvalue weighted by Crippen LogP contribution is 2.67. The molecule has 18 aromatic carbocycles. The third kappa shape index (κ3) is 9.57. The Balaban J connectivity index is 0.698. The van der Waals surface area contributed by atoms with Crippen molar-refractivity contribution in [3.63, 3.8) is 0 Å². The number of fused-ring (bicyclic) bond motifs is 26. The maximum atomic E-state index is 2.57. The molecule has 0 radical (unpaired) electrons. The van der Waals surface area contributed by atoms with Gasteiger partial charge < -0.3 is 9.80 Å². The lowest BCUT2D eigenvalue weighted by Crippen LogP contribution is -2.26. The fourth-order valence-corrected chi connectivity index (χ4v) is 22.2. The Morgan fingerprint density at radius 3 is 0.856 bits per heavy atom. The molecule has 1 unspecified atom stereocenters. The summed E-state index contributed by atoms with van der Waals surface area (Å²) in [5.74, 6) is 0. The van der Waals surface area contributed by atoms with Crippen molar-refractivity contribution in [1.29, 1.82) is 0 Å². The summed E-state index contributed by atoms with van der Waals surface area (Å²) < 4.78 is 0. The molecule has 0 heterocycles. The van der Waals surface area contributed by atoms with Crippen LogP contribution in [0.15, 0.2) is 413 Å². The van der Waals surface area contributed by atoms with Crippen molar-refractivity contribution in [2.75, 3.05) is 9.80 Å². The summed E-state index contributed by atoms with van der Waals surface area (Å²) in [5, 5.41) is 0. The van der Waals surface area contributed by atoms with Crippen LogP contribution in [-0.4, -0.2) is 0 Å². The van der Waals surface area contributed by atoms with Crippen molar-refractivity contribution < 1.29 is 0 Å². The van der Waals surface area contributed by atoms with E-state index in [1.54, 1.807) is 0 Å². The monoisotopic (exact) mass is 1500 g/mol. The molecular formula is C116H80N2. The number of hydrogen-bond acceptors (Lipinski definition) is 2. The highest BCUT2D eigenvalue weighted by Gasteiger charge is 2.54. The first-order chi connectivity index (χ1) is 58.0. The molecule has 6 aliphatic rings. The van der Waals surface area contributed by atoms with Gasteiger partial charge in [-0.25, -0.2) is 0 Å². The molecule has 0 aliphatic heterocycles. The highest BCUT2D eigenvalue weighted by atomic mass is 15.2. The van der Waals surface area contributed by atoms with Gasteiger partial charge in [-0.15, -0.1) is 0 Å². The van der Waals surface area contributed by atoms with E-state index in [0.717, 1.165) is 67.5 Å². The van der Waals surface area contributed by atoms with Crippen LogP contribution in [-0.2, 0) is 21.7 Å². The average molecular weight is 1500 g/mol. The molecule has 24 rings (SSSR count). The van der Waals surface area contributed by atoms with E-state index in [1.165, 1.54) is 156 Å². The Labute approximate surface area is 690 Å². The standard InChI is InChI=1S/C116H80N2/c1-113(2)99-42-19-11-35-87(99)94-61-53-77(67-106(94)113)73-50-56-81(57-51-73)117(83-58-64-97-92-40-15-23-46-103(92)115(109(97)71-83)101-44-21-13-37-89(101)90-38-14-22-45-102(90)115)112-70-80(52-60-86(112)75-30-9-6-10-31-75)79-55-63-96-91-39-16-24-47-104(91)116(108(96)69-79)105-48-25-17-41-93(105)98-65-59-84(72-110(98)116)118(111-49-26-18-34-85(111)74-28-7-5-8-29-74)82-33-27-32-76(66-82)78-54-62-95-88-36-12-20-43-100(88)114(3,4)107(95)68-78/h5-72H,1-4H3. The van der Waals surface area contributed by atoms with Crippen molar-refractivity contribution in [3.8, 4) is 122 Å². The van der Waals surface area contributed by atoms with Crippen LogP contribution in [0.2, 0.25) is 0 Å². The first kappa shape index (κ1) is 68.0. The van der Waals surface area contributed by atoms with Crippen molar-refractivity contribution in [2.45, 2.75) is 49.4 Å². The van der Waals surface area contributed by atoms with E-state index in [-0.39, 0.29) is 10.8 Å². The lowest BCUT2D eigenvalue weighted by molar-refractivity contribution is 0.660. The molecule has 1 atom stereocenters. The van der Waals surface area contributed by atoms with Crippen LogP contribution in [0.1, 0.15) is 94.5 Å². The van der Waals surface area contributed by atoms with Gasteiger partial charge in [0.1, 0.15) is 0 Å². The van der Waals surface area contributed by atoms with E-state index in [2.05, 4.69) is 450 Å². The van der Waals surface area contributed by atoms with Crippen LogP contribution >= 0.6 is 0 Å². The molecule has 0 amide bonds. The number of para-hydroxylation sites is 1. The molecule has 0 N–H and O–H groups in total. The van der Waals surface area contributed by atoms with Gasteiger partial charge in [0.25, 0.3) is 0 Å². The molecule has 2 nitrogen and oxygen atoms in total. The van der Waals surface area contributed by atoms with Crippen LogP contribution in [0.25, 0.3) is 122 Å². The molecular weight excluding hydrogens is 1420 g/mol. The van der Waals surface area contributed by atoms with Crippen LogP contribution in [0.3, 0.4) is 0 Å². The molecule has 0 saturated carbocycles. The summed E-state index contributed by atoms with van der Waals surface area (Å²) in [6.07, 6.45) is 0. The number of anilines is 6. The zero-order valence-electron chi connectivity index (χ0n) is 66.2. The topological polar surface area (TPSA) is 6.48 Å². The minimum atomic E-state index is -0.709. The van der Waals surface area contributed by atoms with Crippen molar-refractivity contribution >= 4 is 34.1 Å². The maximum absolute atomic E-state index is 2.57. The van der Waals surface area contributed by atoms with Gasteiger partial charge in [0, 0.05) is 44.7 Å². The fraction of sp³-hybridized carbons (Fsp3) is 0.0690. The van der Waals surface area contributed by atoms with Crippen LogP contribution < -0.4 is 9.80 Å². The molecule has 0 aromatic heterocycles. The van der Waals surface area contributed by atoms with E-state index in [0.29, 0.717) is 0 Å². The second-order valence-corrected chi connectivity index (χ2v) is 34.1. The maximum Gasteiger partial charge on any atom is 0.0726 e. The SMILES string of the molecule is CC1(C)c2ccccc2-c2ccc(-c3ccc(N(c4ccc5c(c4)C4(c6ccccc6-c6ccccc64)c4ccccc4-5)c4cc(-c5ccc6c(c5)C5(c7ccccc7-6)c6ccccc6-c6ccc(N(c7cccc(-c8ccc9c(c8)C(C)(C)c8ccccc8-9)c7)c7ccccc7-c7ccccc7)cc65)ccc4-c4ccccc4)cc3)cc21. The van der Waals surface area contributed by atoms with Gasteiger partial charge in [-0.3, -0.25) is 0 Å². The molecule has 18 aromatic rings. The van der Waals surface area contributed by atoms with E-state index >= 15 is 0 Å². The molecule has 0 bridgehead atoms. The van der Waals surface area contributed by atoms with E-state index < -0.39 is 10.8 Å². The van der Waals surface area contributed by atoms with Crippen LogP contribution in [0.4, 0.5) is 34.1 Å². The van der Waals surface area contributed by atoms with Crippen molar-refractivity contribution in [1.82, 2.24) is 0 Å². The minimum absolute atomic E-state index is 0.134. The van der Waals surface area contributed by atoms with E-state index in [1.807, 2.05) is 0 Å². The van der Waals surface area contributed by atoms with Gasteiger partial charge in [0.15, 0.2) is 0 Å². The van der Waals surface area contributed by atoms with Crippen LogP contribution in [0, 0.1) is 0 Å². The summed E-state index contributed by atoms with van der Waals surface area (Å²) in [6, 6.07) is 157. The highest BCUT2D eigenvalue weighted by molar-refractivity contribution is 6.02. The predicted octanol–water partition coefficient (Wildman–Crippen LogP) is 30.3. The fourth-order valence-electron chi connectivity index (χ4n) is 22.2. The third-order valence-corrected chi connectivity index (χ3v) is 27.5. The van der Waals surface area contributed by atoms with Crippen molar-refractivity contribution in [2.24, 2.45) is 0 Å². The van der Waals surface area contributed by atoms with Gasteiger partial charge >= 0.3 is 0 Å². The molecule has 2 spiro atoms. The van der Waals surface area contributed by atoms with Crippen molar-refractivity contribution in [3.05, 3.63) is 479 Å². The molecule has 6 aliphatic carbocycles. The zero-order valence-corrected chi connectivity index (χ0v) is 66.2. The second kappa shape index (κ2) is 25.5.